The Morgan fingerprint density at radius 1 is 0.882 bits per heavy atom. The van der Waals surface area contributed by atoms with Gasteiger partial charge in [-0.3, -0.25) is 0 Å². The summed E-state index contributed by atoms with van der Waals surface area (Å²) in [6.07, 6.45) is 11.3. The fourth-order valence-electron chi connectivity index (χ4n) is 1.64. The number of nitriles is 2. The fraction of sp³-hybridized carbons (Fsp3) is 0.833. The normalized spacial score (nSPS) is 8.59. The Morgan fingerprint density at radius 2 is 1.18 bits per heavy atom. The molecule has 0 aliphatic carbocycles. The second-order valence-corrected chi connectivity index (χ2v) is 8.65. The minimum Gasteiger partial charge on any atom is -0.337 e. The predicted molar refractivity (Wildman–Crippen MR) is 77.9 cm³/mol. The SMILES string of the molecule is CCCC[P+](CC)(CC)CC.N#CN.N#CN. The van der Waals surface area contributed by atoms with Gasteiger partial charge in [0.25, 0.3) is 0 Å². The van der Waals surface area contributed by atoms with Gasteiger partial charge in [-0.15, -0.1) is 0 Å². The van der Waals surface area contributed by atoms with Gasteiger partial charge >= 0.3 is 0 Å². The maximum absolute atomic E-state index is 7.10. The highest BCUT2D eigenvalue weighted by molar-refractivity contribution is 7.75. The molecule has 0 aliphatic rings. The van der Waals surface area contributed by atoms with E-state index in [-0.39, 0.29) is 0 Å². The summed E-state index contributed by atoms with van der Waals surface area (Å²) in [7, 11) is -0.455. The summed E-state index contributed by atoms with van der Waals surface area (Å²) in [6, 6.07) is 0. The van der Waals surface area contributed by atoms with Crippen LogP contribution in [0, 0.1) is 22.9 Å². The molecule has 0 spiro atoms. The maximum Gasteiger partial charge on any atom is 0.173 e. The van der Waals surface area contributed by atoms with Crippen molar-refractivity contribution in [3.63, 3.8) is 0 Å². The monoisotopic (exact) mass is 259 g/mol. The summed E-state index contributed by atoms with van der Waals surface area (Å²) in [4.78, 5) is 0. The summed E-state index contributed by atoms with van der Waals surface area (Å²) in [5, 5.41) is 14.2. The Bertz CT molecular complexity index is 193. The molecule has 0 heterocycles. The van der Waals surface area contributed by atoms with E-state index in [1.54, 1.807) is 6.16 Å². The molecular weight excluding hydrogens is 231 g/mol. The molecule has 100 valence electrons. The van der Waals surface area contributed by atoms with Crippen LogP contribution in [0.1, 0.15) is 40.5 Å². The molecule has 17 heavy (non-hydrogen) atoms. The van der Waals surface area contributed by atoms with Crippen molar-refractivity contribution in [1.82, 2.24) is 0 Å². The Balaban J connectivity index is -0.000000273. The van der Waals surface area contributed by atoms with Gasteiger partial charge in [-0.2, -0.15) is 10.5 Å². The highest BCUT2D eigenvalue weighted by Gasteiger charge is 2.29. The van der Waals surface area contributed by atoms with Crippen LogP contribution in [-0.4, -0.2) is 24.6 Å². The average molecular weight is 259 g/mol. The van der Waals surface area contributed by atoms with E-state index in [2.05, 4.69) is 39.2 Å². The van der Waals surface area contributed by atoms with Crippen LogP contribution in [-0.2, 0) is 0 Å². The van der Waals surface area contributed by atoms with Crippen molar-refractivity contribution >= 4 is 7.26 Å². The van der Waals surface area contributed by atoms with Gasteiger partial charge in [-0.1, -0.05) is 13.3 Å². The van der Waals surface area contributed by atoms with E-state index in [9.17, 15) is 0 Å². The molecule has 0 aromatic carbocycles. The molecule has 0 aromatic heterocycles. The number of rotatable bonds is 6. The molecule has 0 aliphatic heterocycles. The van der Waals surface area contributed by atoms with Crippen molar-refractivity contribution in [1.29, 1.82) is 10.5 Å². The summed E-state index contributed by atoms with van der Waals surface area (Å²) >= 11 is 0. The van der Waals surface area contributed by atoms with Crippen LogP contribution < -0.4 is 11.5 Å². The minimum absolute atomic E-state index is 0.455. The van der Waals surface area contributed by atoms with Crippen molar-refractivity contribution in [3.8, 4) is 12.4 Å². The molecule has 0 aromatic rings. The lowest BCUT2D eigenvalue weighted by Gasteiger charge is -2.23. The van der Waals surface area contributed by atoms with Gasteiger partial charge in [0.05, 0.1) is 24.6 Å². The van der Waals surface area contributed by atoms with Crippen molar-refractivity contribution in [2.45, 2.75) is 40.5 Å². The zero-order chi connectivity index (χ0) is 14.2. The van der Waals surface area contributed by atoms with E-state index in [1.165, 1.54) is 43.7 Å². The van der Waals surface area contributed by atoms with E-state index < -0.39 is 7.26 Å². The molecule has 0 amide bonds. The van der Waals surface area contributed by atoms with Gasteiger partial charge in [0.2, 0.25) is 0 Å². The quantitative estimate of drug-likeness (QED) is 0.435. The second kappa shape index (κ2) is 17.4. The van der Waals surface area contributed by atoms with Crippen molar-refractivity contribution in [2.24, 2.45) is 11.5 Å². The largest absolute Gasteiger partial charge is 0.337 e. The number of nitrogens with zero attached hydrogens (tertiary/aromatic N) is 2. The maximum atomic E-state index is 7.10. The van der Waals surface area contributed by atoms with E-state index in [4.69, 9.17) is 10.5 Å². The van der Waals surface area contributed by atoms with Gasteiger partial charge in [0.1, 0.15) is 0 Å². The van der Waals surface area contributed by atoms with Gasteiger partial charge in [0, 0.05) is 7.26 Å². The van der Waals surface area contributed by atoms with Crippen molar-refractivity contribution in [3.05, 3.63) is 0 Å². The zero-order valence-electron chi connectivity index (χ0n) is 11.7. The number of hydrogen-bond donors (Lipinski definition) is 2. The van der Waals surface area contributed by atoms with Crippen LogP contribution in [0.4, 0.5) is 0 Å². The molecule has 5 heteroatoms. The Hall–Kier alpha value is -0.990. The van der Waals surface area contributed by atoms with Gasteiger partial charge in [0.15, 0.2) is 12.4 Å². The predicted octanol–water partition coefficient (Wildman–Crippen LogP) is 2.72. The lowest BCUT2D eigenvalue weighted by atomic mass is 10.4. The molecule has 0 bridgehead atoms. The summed E-state index contributed by atoms with van der Waals surface area (Å²) in [5.74, 6) is 0. The Labute approximate surface area is 107 Å². The van der Waals surface area contributed by atoms with Gasteiger partial charge in [-0.05, 0) is 27.2 Å². The number of nitrogens with two attached hydrogens (primary N) is 2. The number of hydrogen-bond acceptors (Lipinski definition) is 4. The smallest absolute Gasteiger partial charge is 0.173 e. The topological polar surface area (TPSA) is 99.6 Å². The zero-order valence-corrected chi connectivity index (χ0v) is 12.6. The molecule has 4 N–H and O–H groups in total. The van der Waals surface area contributed by atoms with E-state index >= 15 is 0 Å². The van der Waals surface area contributed by atoms with Crippen LogP contribution in [0.15, 0.2) is 0 Å². The van der Waals surface area contributed by atoms with Crippen LogP contribution in [0.3, 0.4) is 0 Å². The minimum atomic E-state index is -0.455. The Morgan fingerprint density at radius 3 is 1.35 bits per heavy atom. The Kier molecular flexibility index (Phi) is 21.8. The standard InChI is InChI=1S/C10H24P.2CH2N2/c1-5-9-10-11(6-2,7-3)8-4;2*2-1-3/h5-10H2,1-4H3;2*2H2/q+1;;. The number of unbranched alkanes of at least 4 members (excludes halogenated alkanes) is 1. The highest BCUT2D eigenvalue weighted by atomic mass is 31.2. The highest BCUT2D eigenvalue weighted by Crippen LogP contribution is 2.58. The summed E-state index contributed by atoms with van der Waals surface area (Å²) in [5.41, 5.74) is 8.31. The third kappa shape index (κ3) is 15.0. The molecule has 0 unspecified atom stereocenters. The van der Waals surface area contributed by atoms with Crippen LogP contribution in [0.25, 0.3) is 0 Å². The molecule has 0 saturated carbocycles. The molecular formula is C12H28N4P+. The summed E-state index contributed by atoms with van der Waals surface area (Å²) < 4.78 is 0. The first-order valence-electron chi connectivity index (χ1n) is 6.12. The first-order chi connectivity index (χ1) is 8.07. The van der Waals surface area contributed by atoms with E-state index in [0.717, 1.165) is 0 Å². The molecule has 0 fully saturated rings. The van der Waals surface area contributed by atoms with Crippen molar-refractivity contribution in [2.75, 3.05) is 24.6 Å². The van der Waals surface area contributed by atoms with Crippen LogP contribution in [0.5, 0.6) is 0 Å². The molecule has 4 nitrogen and oxygen atoms in total. The third-order valence-electron chi connectivity index (χ3n) is 3.00. The average Bonchev–Trinajstić information content (AvgIpc) is 2.34. The van der Waals surface area contributed by atoms with Gasteiger partial charge in [-0.25, -0.2) is 0 Å². The summed E-state index contributed by atoms with van der Waals surface area (Å²) in [6.45, 7) is 9.46. The fourth-order valence-corrected chi connectivity index (χ4v) is 4.92. The molecule has 0 radical (unpaired) electrons. The molecule has 0 rings (SSSR count). The lowest BCUT2D eigenvalue weighted by Crippen LogP contribution is -2.06. The third-order valence-corrected chi connectivity index (χ3v) is 8.29. The van der Waals surface area contributed by atoms with E-state index in [0.29, 0.717) is 0 Å². The molecule has 0 saturated heterocycles. The first-order valence-corrected chi connectivity index (χ1v) is 8.65. The van der Waals surface area contributed by atoms with Crippen LogP contribution in [0.2, 0.25) is 0 Å². The van der Waals surface area contributed by atoms with Crippen LogP contribution >= 0.6 is 7.26 Å². The van der Waals surface area contributed by atoms with Gasteiger partial charge < -0.3 is 11.5 Å². The van der Waals surface area contributed by atoms with E-state index in [1.807, 2.05) is 0 Å². The first kappa shape index (κ1) is 21.3. The lowest BCUT2D eigenvalue weighted by molar-refractivity contribution is 0.882. The molecule has 0 atom stereocenters. The second-order valence-electron chi connectivity index (χ2n) is 3.63. The van der Waals surface area contributed by atoms with Crippen molar-refractivity contribution < 1.29 is 0 Å².